The van der Waals surface area contributed by atoms with Gasteiger partial charge in [-0.2, -0.15) is 13.2 Å². The first-order valence-corrected chi connectivity index (χ1v) is 3.63. The highest BCUT2D eigenvalue weighted by molar-refractivity contribution is 5.93. The van der Waals surface area contributed by atoms with E-state index in [0.29, 0.717) is 0 Å². The third kappa shape index (κ3) is 2.17. The number of aromatic carboxylic acids is 1. The molecule has 0 aliphatic heterocycles. The summed E-state index contributed by atoms with van der Waals surface area (Å²) in [6.45, 7) is 0. The summed E-state index contributed by atoms with van der Waals surface area (Å²) in [5.74, 6) is -3.24. The summed E-state index contributed by atoms with van der Waals surface area (Å²) in [6, 6.07) is 0.513. The van der Waals surface area contributed by atoms with Crippen LogP contribution in [-0.2, 0) is 6.18 Å². The molecule has 82 valence electrons. The van der Waals surface area contributed by atoms with Crippen molar-refractivity contribution in [2.24, 2.45) is 0 Å². The number of hydrogen-bond acceptors (Lipinski definition) is 2. The zero-order chi connectivity index (χ0) is 11.8. The highest BCUT2D eigenvalue weighted by atomic mass is 19.4. The Hall–Kier alpha value is -1.79. The summed E-state index contributed by atoms with van der Waals surface area (Å²) < 4.78 is 49.2. The van der Waals surface area contributed by atoms with Crippen LogP contribution in [0.2, 0.25) is 0 Å². The van der Waals surface area contributed by atoms with Crippen LogP contribution in [0.25, 0.3) is 0 Å². The largest absolute Gasteiger partial charge is 0.478 e. The van der Waals surface area contributed by atoms with E-state index >= 15 is 0 Å². The molecule has 1 aromatic rings. The zero-order valence-corrected chi connectivity index (χ0v) is 7.10. The molecule has 0 heterocycles. The van der Waals surface area contributed by atoms with Gasteiger partial charge in [-0.15, -0.1) is 0 Å². The predicted octanol–water partition coefficient (Wildman–Crippen LogP) is 2.12. The molecular formula is C8H5F4NO2. The van der Waals surface area contributed by atoms with Crippen molar-refractivity contribution in [1.29, 1.82) is 0 Å². The van der Waals surface area contributed by atoms with Crippen LogP contribution >= 0.6 is 0 Å². The lowest BCUT2D eigenvalue weighted by Crippen LogP contribution is -2.12. The lowest BCUT2D eigenvalue weighted by atomic mass is 10.1. The van der Waals surface area contributed by atoms with Gasteiger partial charge in [0, 0.05) is 5.69 Å². The fourth-order valence-electron chi connectivity index (χ4n) is 0.992. The molecule has 0 spiro atoms. The molecular weight excluding hydrogens is 218 g/mol. The van der Waals surface area contributed by atoms with Gasteiger partial charge in [0.1, 0.15) is 5.82 Å². The Balaban J connectivity index is 3.39. The Kier molecular flexibility index (Phi) is 2.57. The summed E-state index contributed by atoms with van der Waals surface area (Å²) in [7, 11) is 0. The number of carbonyl (C=O) groups is 1. The molecule has 0 saturated carbocycles. The van der Waals surface area contributed by atoms with Crippen molar-refractivity contribution in [2.45, 2.75) is 6.18 Å². The maximum absolute atomic E-state index is 12.8. The van der Waals surface area contributed by atoms with Gasteiger partial charge in [0.05, 0.1) is 11.1 Å². The molecule has 0 bridgehead atoms. The molecule has 15 heavy (non-hydrogen) atoms. The van der Waals surface area contributed by atoms with E-state index in [1.54, 1.807) is 0 Å². The Morgan fingerprint density at radius 1 is 1.33 bits per heavy atom. The van der Waals surface area contributed by atoms with E-state index in [4.69, 9.17) is 10.8 Å². The van der Waals surface area contributed by atoms with Crippen molar-refractivity contribution in [2.75, 3.05) is 5.73 Å². The maximum atomic E-state index is 12.8. The monoisotopic (exact) mass is 223 g/mol. The Morgan fingerprint density at radius 3 is 2.27 bits per heavy atom. The number of rotatable bonds is 1. The van der Waals surface area contributed by atoms with Crippen molar-refractivity contribution < 1.29 is 27.5 Å². The number of nitrogen functional groups attached to an aromatic ring is 1. The predicted molar refractivity (Wildman–Crippen MR) is 42.8 cm³/mol. The van der Waals surface area contributed by atoms with Crippen LogP contribution in [0.5, 0.6) is 0 Å². The van der Waals surface area contributed by atoms with Gasteiger partial charge >= 0.3 is 12.1 Å². The SMILES string of the molecule is Nc1cc(C(F)(F)F)c(F)cc1C(=O)O. The summed E-state index contributed by atoms with van der Waals surface area (Å²) >= 11 is 0. The minimum atomic E-state index is -4.89. The molecule has 0 amide bonds. The quantitative estimate of drug-likeness (QED) is 0.566. The highest BCUT2D eigenvalue weighted by Gasteiger charge is 2.35. The third-order valence-electron chi connectivity index (χ3n) is 1.68. The van der Waals surface area contributed by atoms with Crippen LogP contribution in [0.3, 0.4) is 0 Å². The van der Waals surface area contributed by atoms with Crippen LogP contribution < -0.4 is 5.73 Å². The number of carboxylic acids is 1. The van der Waals surface area contributed by atoms with E-state index in [2.05, 4.69) is 0 Å². The van der Waals surface area contributed by atoms with Crippen LogP contribution in [0.15, 0.2) is 12.1 Å². The Morgan fingerprint density at radius 2 is 1.87 bits per heavy atom. The fourth-order valence-corrected chi connectivity index (χ4v) is 0.992. The number of alkyl halides is 3. The van der Waals surface area contributed by atoms with Crippen molar-refractivity contribution in [3.63, 3.8) is 0 Å². The first-order chi connectivity index (χ1) is 6.73. The van der Waals surface area contributed by atoms with Gasteiger partial charge in [-0.3, -0.25) is 0 Å². The summed E-state index contributed by atoms with van der Waals surface area (Å²) in [6.07, 6.45) is -4.89. The maximum Gasteiger partial charge on any atom is 0.419 e. The van der Waals surface area contributed by atoms with E-state index in [-0.39, 0.29) is 12.1 Å². The number of anilines is 1. The van der Waals surface area contributed by atoms with Crippen molar-refractivity contribution >= 4 is 11.7 Å². The summed E-state index contributed by atoms with van der Waals surface area (Å²) in [5.41, 5.74) is 2.14. The van der Waals surface area contributed by atoms with Gasteiger partial charge in [0.2, 0.25) is 0 Å². The average Bonchev–Trinajstić information content (AvgIpc) is 2.06. The molecule has 7 heteroatoms. The molecule has 1 rings (SSSR count). The van der Waals surface area contributed by atoms with E-state index in [9.17, 15) is 22.4 Å². The molecule has 0 fully saturated rings. The molecule has 0 aliphatic carbocycles. The topological polar surface area (TPSA) is 63.3 Å². The number of benzene rings is 1. The molecule has 0 unspecified atom stereocenters. The molecule has 3 N–H and O–H groups in total. The molecule has 0 saturated heterocycles. The molecule has 3 nitrogen and oxygen atoms in total. The molecule has 0 radical (unpaired) electrons. The molecule has 0 aromatic heterocycles. The minimum absolute atomic E-state index is 0.250. The normalized spacial score (nSPS) is 11.5. The number of hydrogen-bond donors (Lipinski definition) is 2. The van der Waals surface area contributed by atoms with E-state index in [1.807, 2.05) is 0 Å². The number of halogens is 4. The van der Waals surface area contributed by atoms with Gasteiger partial charge in [-0.05, 0) is 12.1 Å². The molecule has 0 aliphatic rings. The summed E-state index contributed by atoms with van der Waals surface area (Å²) in [4.78, 5) is 10.4. The van der Waals surface area contributed by atoms with Crippen LogP contribution in [0.1, 0.15) is 15.9 Å². The van der Waals surface area contributed by atoms with Gasteiger partial charge in [0.15, 0.2) is 0 Å². The van der Waals surface area contributed by atoms with Crippen LogP contribution in [-0.4, -0.2) is 11.1 Å². The second-order valence-corrected chi connectivity index (χ2v) is 2.72. The van der Waals surface area contributed by atoms with Crippen LogP contribution in [0.4, 0.5) is 23.2 Å². The van der Waals surface area contributed by atoms with Crippen molar-refractivity contribution in [1.82, 2.24) is 0 Å². The highest BCUT2D eigenvalue weighted by Crippen LogP contribution is 2.33. The smallest absolute Gasteiger partial charge is 0.419 e. The van der Waals surface area contributed by atoms with Crippen molar-refractivity contribution in [3.8, 4) is 0 Å². The second kappa shape index (κ2) is 3.41. The Bertz CT molecular complexity index is 414. The van der Waals surface area contributed by atoms with Crippen LogP contribution in [0, 0.1) is 5.82 Å². The van der Waals surface area contributed by atoms with Gasteiger partial charge in [-0.25, -0.2) is 9.18 Å². The van der Waals surface area contributed by atoms with E-state index in [1.165, 1.54) is 0 Å². The second-order valence-electron chi connectivity index (χ2n) is 2.72. The van der Waals surface area contributed by atoms with E-state index in [0.717, 1.165) is 0 Å². The van der Waals surface area contributed by atoms with Crippen molar-refractivity contribution in [3.05, 3.63) is 29.1 Å². The van der Waals surface area contributed by atoms with E-state index < -0.39 is 34.8 Å². The number of nitrogens with two attached hydrogens (primary N) is 1. The lowest BCUT2D eigenvalue weighted by Gasteiger charge is -2.10. The third-order valence-corrected chi connectivity index (χ3v) is 1.68. The molecule has 0 atom stereocenters. The van der Waals surface area contributed by atoms with Gasteiger partial charge < -0.3 is 10.8 Å². The first kappa shape index (κ1) is 11.3. The van der Waals surface area contributed by atoms with Gasteiger partial charge in [0.25, 0.3) is 0 Å². The summed E-state index contributed by atoms with van der Waals surface area (Å²) in [5, 5.41) is 8.46. The first-order valence-electron chi connectivity index (χ1n) is 3.63. The Labute approximate surface area is 81.1 Å². The molecule has 1 aromatic carbocycles. The lowest BCUT2D eigenvalue weighted by molar-refractivity contribution is -0.139. The minimum Gasteiger partial charge on any atom is -0.478 e. The fraction of sp³-hybridized carbons (Fsp3) is 0.125. The van der Waals surface area contributed by atoms with Gasteiger partial charge in [-0.1, -0.05) is 0 Å². The number of carboxylic acid groups (broad SMARTS) is 1. The average molecular weight is 223 g/mol. The standard InChI is InChI=1S/C8H5F4NO2/c9-5-1-3(7(14)15)6(13)2-4(5)8(10,11)12/h1-2H,13H2,(H,14,15). The zero-order valence-electron chi connectivity index (χ0n) is 7.10.